The van der Waals surface area contributed by atoms with Crippen LogP contribution in [-0.4, -0.2) is 4.57 Å². The first-order valence-electron chi connectivity index (χ1n) is 5.95. The van der Waals surface area contributed by atoms with Gasteiger partial charge in [0.15, 0.2) is 0 Å². The molecular weight excluding hydrogens is 254 g/mol. The number of aromatic nitrogens is 1. The summed E-state index contributed by atoms with van der Waals surface area (Å²) >= 11 is 1.71. The maximum Gasteiger partial charge on any atom is 0.133 e. The lowest BCUT2D eigenvalue weighted by Gasteiger charge is -2.07. The molecule has 3 nitrogen and oxygen atoms in total. The molecule has 0 bridgehead atoms. The number of nitrogen functional groups attached to an aromatic ring is 1. The molecular formula is C15H17N3S. The van der Waals surface area contributed by atoms with E-state index in [1.54, 1.807) is 18.0 Å². The van der Waals surface area contributed by atoms with Gasteiger partial charge in [0, 0.05) is 34.9 Å². The van der Waals surface area contributed by atoms with Crippen LogP contribution in [-0.2, 0) is 7.05 Å². The van der Waals surface area contributed by atoms with Gasteiger partial charge in [-0.3, -0.25) is 0 Å². The number of rotatable bonds is 3. The van der Waals surface area contributed by atoms with Crippen LogP contribution >= 0.6 is 11.8 Å². The predicted molar refractivity (Wildman–Crippen MR) is 80.9 cm³/mol. The molecule has 0 atom stereocenters. The van der Waals surface area contributed by atoms with Crippen molar-refractivity contribution in [3.63, 3.8) is 0 Å². The van der Waals surface area contributed by atoms with Gasteiger partial charge in [0.05, 0.1) is 0 Å². The molecule has 2 rings (SSSR count). The summed E-state index contributed by atoms with van der Waals surface area (Å²) in [6.07, 6.45) is 3.55. The standard InChI is InChI=1S/C15H17N3S/c1-4-17-15-10-13(7-8-18(15)3)19-14-6-5-12(16)9-11(14)2/h4-10H,1,16H2,2-3H3. The Balaban J connectivity index is 2.36. The molecule has 0 unspecified atom stereocenters. The van der Waals surface area contributed by atoms with Crippen molar-refractivity contribution in [3.8, 4) is 0 Å². The van der Waals surface area contributed by atoms with Crippen molar-refractivity contribution >= 4 is 17.4 Å². The molecule has 1 heterocycles. The summed E-state index contributed by atoms with van der Waals surface area (Å²) in [7, 11) is 1.96. The number of aryl methyl sites for hydroxylation is 2. The van der Waals surface area contributed by atoms with Gasteiger partial charge >= 0.3 is 0 Å². The Labute approximate surface area is 117 Å². The first kappa shape index (κ1) is 13.5. The summed E-state index contributed by atoms with van der Waals surface area (Å²) in [6, 6.07) is 10.1. The minimum absolute atomic E-state index is 0.795. The van der Waals surface area contributed by atoms with Gasteiger partial charge in [0.2, 0.25) is 0 Å². The first-order chi connectivity index (χ1) is 9.10. The second-order valence-electron chi connectivity index (χ2n) is 4.27. The Morgan fingerprint density at radius 2 is 2.11 bits per heavy atom. The summed E-state index contributed by atoms with van der Waals surface area (Å²) in [4.78, 5) is 6.59. The van der Waals surface area contributed by atoms with Crippen molar-refractivity contribution < 1.29 is 0 Å². The zero-order valence-electron chi connectivity index (χ0n) is 11.1. The second kappa shape index (κ2) is 5.80. The van der Waals surface area contributed by atoms with E-state index in [1.807, 2.05) is 42.1 Å². The average molecular weight is 271 g/mol. The molecule has 0 fully saturated rings. The van der Waals surface area contributed by atoms with E-state index in [1.165, 1.54) is 10.5 Å². The molecule has 0 aliphatic rings. The highest BCUT2D eigenvalue weighted by Crippen LogP contribution is 2.30. The first-order valence-corrected chi connectivity index (χ1v) is 6.77. The Hall–Kier alpha value is -1.94. The molecule has 0 spiro atoms. The van der Waals surface area contributed by atoms with E-state index in [0.717, 1.165) is 16.1 Å². The minimum atomic E-state index is 0.795. The fourth-order valence-electron chi connectivity index (χ4n) is 1.74. The van der Waals surface area contributed by atoms with Crippen LogP contribution < -0.4 is 11.2 Å². The molecule has 19 heavy (non-hydrogen) atoms. The summed E-state index contributed by atoms with van der Waals surface area (Å²) in [5.74, 6) is 0. The van der Waals surface area contributed by atoms with E-state index in [-0.39, 0.29) is 0 Å². The van der Waals surface area contributed by atoms with Crippen LogP contribution in [0, 0.1) is 6.92 Å². The monoisotopic (exact) mass is 271 g/mol. The van der Waals surface area contributed by atoms with Gasteiger partial charge in [-0.1, -0.05) is 18.3 Å². The van der Waals surface area contributed by atoms with Crippen LogP contribution in [0.4, 0.5) is 5.69 Å². The third-order valence-corrected chi connectivity index (χ3v) is 3.91. The van der Waals surface area contributed by atoms with Gasteiger partial charge in [-0.25, -0.2) is 4.99 Å². The van der Waals surface area contributed by atoms with Crippen molar-refractivity contribution in [1.29, 1.82) is 0 Å². The third-order valence-electron chi connectivity index (χ3n) is 2.75. The van der Waals surface area contributed by atoms with Crippen LogP contribution in [0.15, 0.2) is 64.1 Å². The van der Waals surface area contributed by atoms with Crippen molar-refractivity contribution in [2.24, 2.45) is 12.0 Å². The third kappa shape index (κ3) is 3.29. The van der Waals surface area contributed by atoms with E-state index >= 15 is 0 Å². The number of benzene rings is 1. The van der Waals surface area contributed by atoms with Crippen LogP contribution in [0.2, 0.25) is 0 Å². The Morgan fingerprint density at radius 3 is 2.79 bits per heavy atom. The number of hydrogen-bond acceptors (Lipinski definition) is 3. The van der Waals surface area contributed by atoms with Crippen molar-refractivity contribution in [1.82, 2.24) is 4.57 Å². The largest absolute Gasteiger partial charge is 0.399 e. The number of anilines is 1. The van der Waals surface area contributed by atoms with Crippen LogP contribution in [0.5, 0.6) is 0 Å². The Bertz CT molecular complexity index is 671. The molecule has 0 amide bonds. The van der Waals surface area contributed by atoms with Gasteiger partial charge < -0.3 is 10.3 Å². The molecule has 0 saturated carbocycles. The molecule has 0 radical (unpaired) electrons. The summed E-state index contributed by atoms with van der Waals surface area (Å²) in [6.45, 7) is 5.70. The summed E-state index contributed by atoms with van der Waals surface area (Å²) in [5, 5.41) is 0. The molecule has 0 aliphatic carbocycles. The maximum atomic E-state index is 5.77. The van der Waals surface area contributed by atoms with E-state index in [0.29, 0.717) is 0 Å². The number of hydrogen-bond donors (Lipinski definition) is 1. The second-order valence-corrected chi connectivity index (χ2v) is 5.39. The lowest BCUT2D eigenvalue weighted by Crippen LogP contribution is -2.15. The van der Waals surface area contributed by atoms with Gasteiger partial charge in [0.25, 0.3) is 0 Å². The molecule has 0 saturated heterocycles. The van der Waals surface area contributed by atoms with Crippen molar-refractivity contribution in [3.05, 3.63) is 60.4 Å². The predicted octanol–water partition coefficient (Wildman–Crippen LogP) is 3.11. The van der Waals surface area contributed by atoms with E-state index in [9.17, 15) is 0 Å². The molecule has 1 aromatic heterocycles. The molecule has 0 aliphatic heterocycles. The number of nitrogens with zero attached hydrogens (tertiary/aromatic N) is 2. The molecule has 2 aromatic rings. The van der Waals surface area contributed by atoms with E-state index < -0.39 is 0 Å². The molecule has 4 heteroatoms. The van der Waals surface area contributed by atoms with Gasteiger partial charge in [-0.05, 0) is 42.8 Å². The zero-order chi connectivity index (χ0) is 13.8. The smallest absolute Gasteiger partial charge is 0.133 e. The quantitative estimate of drug-likeness (QED) is 0.872. The normalized spacial score (nSPS) is 11.6. The number of nitrogens with two attached hydrogens (primary N) is 1. The van der Waals surface area contributed by atoms with Crippen molar-refractivity contribution in [2.75, 3.05) is 5.73 Å². The van der Waals surface area contributed by atoms with Gasteiger partial charge in [-0.15, -0.1) is 0 Å². The van der Waals surface area contributed by atoms with E-state index in [2.05, 4.69) is 24.6 Å². The fraction of sp³-hybridized carbons (Fsp3) is 0.133. The Kier molecular flexibility index (Phi) is 4.12. The number of pyridine rings is 1. The summed E-state index contributed by atoms with van der Waals surface area (Å²) < 4.78 is 1.96. The molecule has 2 N–H and O–H groups in total. The average Bonchev–Trinajstić information content (AvgIpc) is 2.37. The van der Waals surface area contributed by atoms with Crippen LogP contribution in [0.25, 0.3) is 0 Å². The molecule has 98 valence electrons. The van der Waals surface area contributed by atoms with E-state index in [4.69, 9.17) is 5.73 Å². The lowest BCUT2D eigenvalue weighted by atomic mass is 10.2. The lowest BCUT2D eigenvalue weighted by molar-refractivity contribution is 0.824. The SMILES string of the molecule is C=CN=c1cc(Sc2ccc(N)cc2C)ccn1C. The van der Waals surface area contributed by atoms with Crippen LogP contribution in [0.3, 0.4) is 0 Å². The summed E-state index contributed by atoms with van der Waals surface area (Å²) in [5.41, 5.74) is 8.62. The maximum absolute atomic E-state index is 5.77. The highest BCUT2D eigenvalue weighted by atomic mass is 32.2. The topological polar surface area (TPSA) is 43.3 Å². The Morgan fingerprint density at radius 1 is 1.32 bits per heavy atom. The van der Waals surface area contributed by atoms with Crippen LogP contribution in [0.1, 0.15) is 5.56 Å². The zero-order valence-corrected chi connectivity index (χ0v) is 11.9. The highest BCUT2D eigenvalue weighted by Gasteiger charge is 2.02. The highest BCUT2D eigenvalue weighted by molar-refractivity contribution is 7.99. The van der Waals surface area contributed by atoms with Gasteiger partial charge in [0.1, 0.15) is 5.49 Å². The van der Waals surface area contributed by atoms with Gasteiger partial charge in [-0.2, -0.15) is 0 Å². The fourth-order valence-corrected chi connectivity index (χ4v) is 2.64. The van der Waals surface area contributed by atoms with Crippen molar-refractivity contribution in [2.45, 2.75) is 16.7 Å². The minimum Gasteiger partial charge on any atom is -0.399 e. The molecule has 1 aromatic carbocycles.